The number of nitrogens with zero attached hydrogens (tertiary/aromatic N) is 1. The molecule has 1 aromatic carbocycles. The predicted molar refractivity (Wildman–Crippen MR) is 79.7 cm³/mol. The molecule has 1 rings (SSSR count). The first-order chi connectivity index (χ1) is 8.58. The van der Waals surface area contributed by atoms with Gasteiger partial charge < -0.3 is 10.6 Å². The number of likely N-dealkylation sites (N-methyl/N-ethyl adjacent to an activating group) is 1. The zero-order chi connectivity index (χ0) is 13.5. The number of hydrogen-bond donors (Lipinski definition) is 1. The normalized spacial score (nSPS) is 14.8. The van der Waals surface area contributed by atoms with Crippen molar-refractivity contribution in [2.75, 3.05) is 13.6 Å². The van der Waals surface area contributed by atoms with Crippen LogP contribution in [-0.4, -0.2) is 24.5 Å². The van der Waals surface area contributed by atoms with Crippen LogP contribution in [0.15, 0.2) is 24.3 Å². The predicted octanol–water partition coefficient (Wildman–Crippen LogP) is 3.37. The lowest BCUT2D eigenvalue weighted by atomic mass is 10.0. The van der Waals surface area contributed by atoms with E-state index in [2.05, 4.69) is 57.0 Å². The molecule has 2 unspecified atom stereocenters. The van der Waals surface area contributed by atoms with E-state index in [1.54, 1.807) is 0 Å². The SMILES string of the molecule is CCCc1ccc(C(N)CN(C)C(C)CC)cc1. The minimum absolute atomic E-state index is 0.111. The van der Waals surface area contributed by atoms with Crippen molar-refractivity contribution in [1.82, 2.24) is 4.90 Å². The summed E-state index contributed by atoms with van der Waals surface area (Å²) >= 11 is 0. The molecule has 2 N–H and O–H groups in total. The third-order valence-electron chi connectivity index (χ3n) is 3.77. The Labute approximate surface area is 112 Å². The summed E-state index contributed by atoms with van der Waals surface area (Å²) in [7, 11) is 2.15. The van der Waals surface area contributed by atoms with Gasteiger partial charge in [0.05, 0.1) is 0 Å². The van der Waals surface area contributed by atoms with Crippen LogP contribution < -0.4 is 5.73 Å². The Kier molecular flexibility index (Phi) is 6.37. The van der Waals surface area contributed by atoms with Crippen LogP contribution in [0.3, 0.4) is 0 Å². The Balaban J connectivity index is 2.58. The molecule has 0 spiro atoms. The molecule has 0 fully saturated rings. The van der Waals surface area contributed by atoms with Gasteiger partial charge in [-0.2, -0.15) is 0 Å². The van der Waals surface area contributed by atoms with Crippen molar-refractivity contribution < 1.29 is 0 Å². The Morgan fingerprint density at radius 1 is 1.17 bits per heavy atom. The number of rotatable bonds is 7. The van der Waals surface area contributed by atoms with Gasteiger partial charge >= 0.3 is 0 Å². The number of aryl methyl sites for hydroxylation is 1. The molecule has 1 aromatic rings. The van der Waals surface area contributed by atoms with Crippen molar-refractivity contribution >= 4 is 0 Å². The molecule has 18 heavy (non-hydrogen) atoms. The van der Waals surface area contributed by atoms with Gasteiger partial charge in [0.15, 0.2) is 0 Å². The molecule has 102 valence electrons. The third kappa shape index (κ3) is 4.43. The lowest BCUT2D eigenvalue weighted by Crippen LogP contribution is -2.35. The first kappa shape index (κ1) is 15.2. The second kappa shape index (κ2) is 7.55. The van der Waals surface area contributed by atoms with E-state index in [1.165, 1.54) is 24.0 Å². The van der Waals surface area contributed by atoms with Gasteiger partial charge in [0, 0.05) is 18.6 Å². The van der Waals surface area contributed by atoms with Crippen molar-refractivity contribution in [3.63, 3.8) is 0 Å². The maximum atomic E-state index is 6.27. The molecule has 0 radical (unpaired) electrons. The molecule has 0 bridgehead atoms. The maximum Gasteiger partial charge on any atom is 0.0424 e. The standard InChI is InChI=1S/C16H28N2/c1-5-7-14-8-10-15(11-9-14)16(17)12-18(4)13(3)6-2/h8-11,13,16H,5-7,12,17H2,1-4H3. The van der Waals surface area contributed by atoms with Crippen molar-refractivity contribution in [1.29, 1.82) is 0 Å². The van der Waals surface area contributed by atoms with Gasteiger partial charge in [-0.3, -0.25) is 0 Å². The average Bonchev–Trinajstić information content (AvgIpc) is 2.38. The lowest BCUT2D eigenvalue weighted by molar-refractivity contribution is 0.237. The summed E-state index contributed by atoms with van der Waals surface area (Å²) in [6.45, 7) is 7.59. The molecular weight excluding hydrogens is 220 g/mol. The van der Waals surface area contributed by atoms with E-state index >= 15 is 0 Å². The van der Waals surface area contributed by atoms with E-state index in [0.29, 0.717) is 6.04 Å². The summed E-state index contributed by atoms with van der Waals surface area (Å²) in [6, 6.07) is 9.49. The Morgan fingerprint density at radius 3 is 2.28 bits per heavy atom. The van der Waals surface area contributed by atoms with Crippen LogP contribution in [0.25, 0.3) is 0 Å². The maximum absolute atomic E-state index is 6.27. The van der Waals surface area contributed by atoms with Crippen molar-refractivity contribution in [2.45, 2.75) is 52.1 Å². The second-order valence-electron chi connectivity index (χ2n) is 5.29. The van der Waals surface area contributed by atoms with Crippen LogP contribution >= 0.6 is 0 Å². The lowest BCUT2D eigenvalue weighted by Gasteiger charge is -2.26. The highest BCUT2D eigenvalue weighted by Crippen LogP contribution is 2.15. The smallest absolute Gasteiger partial charge is 0.0424 e. The summed E-state index contributed by atoms with van der Waals surface area (Å²) in [5.74, 6) is 0. The summed E-state index contributed by atoms with van der Waals surface area (Å²) in [4.78, 5) is 2.34. The minimum Gasteiger partial charge on any atom is -0.323 e. The molecule has 0 aromatic heterocycles. The van der Waals surface area contributed by atoms with E-state index in [0.717, 1.165) is 13.0 Å². The zero-order valence-electron chi connectivity index (χ0n) is 12.3. The zero-order valence-corrected chi connectivity index (χ0v) is 12.3. The van der Waals surface area contributed by atoms with Crippen molar-refractivity contribution in [3.8, 4) is 0 Å². The van der Waals surface area contributed by atoms with Gasteiger partial charge in [-0.15, -0.1) is 0 Å². The monoisotopic (exact) mass is 248 g/mol. The van der Waals surface area contributed by atoms with Crippen LogP contribution in [0.2, 0.25) is 0 Å². The molecule has 0 heterocycles. The van der Waals surface area contributed by atoms with Gasteiger partial charge in [-0.1, -0.05) is 44.5 Å². The highest BCUT2D eigenvalue weighted by Gasteiger charge is 2.12. The first-order valence-corrected chi connectivity index (χ1v) is 7.13. The topological polar surface area (TPSA) is 29.3 Å². The highest BCUT2D eigenvalue weighted by molar-refractivity contribution is 5.25. The van der Waals surface area contributed by atoms with E-state index in [-0.39, 0.29) is 6.04 Å². The van der Waals surface area contributed by atoms with Crippen LogP contribution in [0.5, 0.6) is 0 Å². The molecule has 0 aliphatic rings. The Bertz CT molecular complexity index is 331. The van der Waals surface area contributed by atoms with Gasteiger partial charge in [0.1, 0.15) is 0 Å². The number of hydrogen-bond acceptors (Lipinski definition) is 2. The summed E-state index contributed by atoms with van der Waals surface area (Å²) in [5, 5.41) is 0. The third-order valence-corrected chi connectivity index (χ3v) is 3.77. The Hall–Kier alpha value is -0.860. The number of benzene rings is 1. The van der Waals surface area contributed by atoms with Crippen LogP contribution in [0, 0.1) is 0 Å². The van der Waals surface area contributed by atoms with Gasteiger partial charge in [0.2, 0.25) is 0 Å². The molecule has 0 aliphatic heterocycles. The number of nitrogens with two attached hydrogens (primary N) is 1. The summed E-state index contributed by atoms with van der Waals surface area (Å²) < 4.78 is 0. The molecule has 2 heteroatoms. The molecule has 2 atom stereocenters. The first-order valence-electron chi connectivity index (χ1n) is 7.13. The van der Waals surface area contributed by atoms with E-state index in [9.17, 15) is 0 Å². The van der Waals surface area contributed by atoms with Crippen molar-refractivity contribution in [2.24, 2.45) is 5.73 Å². The fourth-order valence-electron chi connectivity index (χ4n) is 2.13. The second-order valence-corrected chi connectivity index (χ2v) is 5.29. The fraction of sp³-hybridized carbons (Fsp3) is 0.625. The Morgan fingerprint density at radius 2 is 1.78 bits per heavy atom. The highest BCUT2D eigenvalue weighted by atomic mass is 15.1. The molecule has 0 aliphatic carbocycles. The van der Waals surface area contributed by atoms with Gasteiger partial charge in [-0.25, -0.2) is 0 Å². The van der Waals surface area contributed by atoms with Gasteiger partial charge in [0.25, 0.3) is 0 Å². The summed E-state index contributed by atoms with van der Waals surface area (Å²) in [6.07, 6.45) is 3.52. The quantitative estimate of drug-likeness (QED) is 0.801. The van der Waals surface area contributed by atoms with Gasteiger partial charge in [-0.05, 0) is 37.9 Å². The molecular formula is C16H28N2. The van der Waals surface area contributed by atoms with Crippen molar-refractivity contribution in [3.05, 3.63) is 35.4 Å². The largest absolute Gasteiger partial charge is 0.323 e. The van der Waals surface area contributed by atoms with E-state index < -0.39 is 0 Å². The summed E-state index contributed by atoms with van der Waals surface area (Å²) in [5.41, 5.74) is 8.92. The molecule has 0 saturated heterocycles. The van der Waals surface area contributed by atoms with E-state index in [1.807, 2.05) is 0 Å². The average molecular weight is 248 g/mol. The van der Waals surface area contributed by atoms with Crippen LogP contribution in [0.4, 0.5) is 0 Å². The fourth-order valence-corrected chi connectivity index (χ4v) is 2.13. The van der Waals surface area contributed by atoms with E-state index in [4.69, 9.17) is 5.73 Å². The van der Waals surface area contributed by atoms with Crippen LogP contribution in [-0.2, 0) is 6.42 Å². The molecule has 0 saturated carbocycles. The van der Waals surface area contributed by atoms with Crippen LogP contribution in [0.1, 0.15) is 50.8 Å². The minimum atomic E-state index is 0.111. The molecule has 0 amide bonds. The molecule has 2 nitrogen and oxygen atoms in total.